The molecule has 2 aliphatic heterocycles. The van der Waals surface area contributed by atoms with Gasteiger partial charge in [-0.3, -0.25) is 19.2 Å². The van der Waals surface area contributed by atoms with Gasteiger partial charge in [0.2, 0.25) is 23.4 Å². The summed E-state index contributed by atoms with van der Waals surface area (Å²) in [6, 6.07) is 3.87. The molecule has 2 fully saturated rings. The van der Waals surface area contributed by atoms with Gasteiger partial charge in [-0.05, 0) is 109 Å². The quantitative estimate of drug-likeness (QED) is 0.144. The van der Waals surface area contributed by atoms with Crippen molar-refractivity contribution in [3.8, 4) is 11.1 Å². The molecule has 2 heterocycles. The molecule has 4 amide bonds. The Morgan fingerprint density at radius 1 is 0.565 bits per heavy atom. The fraction of sp³-hybridized carbons (Fsp3) is 0.565. The first kappa shape index (κ1) is 45.7. The zero-order valence-corrected chi connectivity index (χ0v) is 36.5. The molecule has 0 bridgehead atoms. The minimum atomic E-state index is -0.891. The molecule has 2 N–H and O–H groups in total. The molecule has 0 saturated carbocycles. The number of hydrogen-bond acceptors (Lipinski definition) is 12. The monoisotopic (exact) mass is 858 g/mol. The number of ketones is 2. The van der Waals surface area contributed by atoms with Crippen LogP contribution in [-0.4, -0.2) is 122 Å². The predicted molar refractivity (Wildman–Crippen MR) is 224 cm³/mol. The number of likely N-dealkylation sites (tertiary alicyclic amines) is 2. The van der Waals surface area contributed by atoms with E-state index in [1.807, 2.05) is 12.1 Å². The third-order valence-corrected chi connectivity index (χ3v) is 12.6. The average molecular weight is 859 g/mol. The van der Waals surface area contributed by atoms with Gasteiger partial charge >= 0.3 is 24.1 Å². The van der Waals surface area contributed by atoms with Crippen molar-refractivity contribution in [3.63, 3.8) is 0 Å². The molecule has 6 rings (SSSR count). The van der Waals surface area contributed by atoms with E-state index in [-0.39, 0.29) is 23.4 Å². The Morgan fingerprint density at radius 3 is 1.29 bits per heavy atom. The number of esters is 2. The minimum absolute atomic E-state index is 0.262. The number of Topliss-reactive ketones (excluding diaryl/α,β-unsaturated/α-hetero) is 2. The first-order chi connectivity index (χ1) is 29.7. The maximum absolute atomic E-state index is 13.7. The molecule has 2 aromatic carbocycles. The summed E-state index contributed by atoms with van der Waals surface area (Å²) in [6.45, 7) is 6.82. The van der Waals surface area contributed by atoms with E-state index in [9.17, 15) is 38.4 Å². The van der Waals surface area contributed by atoms with Gasteiger partial charge in [-0.1, -0.05) is 52.0 Å². The van der Waals surface area contributed by atoms with Crippen LogP contribution in [0.2, 0.25) is 0 Å². The summed E-state index contributed by atoms with van der Waals surface area (Å²) in [4.78, 5) is 107. The van der Waals surface area contributed by atoms with Crippen molar-refractivity contribution in [1.29, 1.82) is 0 Å². The lowest BCUT2D eigenvalue weighted by atomic mass is 9.87. The number of fused-ring (bicyclic) bond motifs is 2. The summed E-state index contributed by atoms with van der Waals surface area (Å²) in [5, 5.41) is 5.11. The summed E-state index contributed by atoms with van der Waals surface area (Å²) >= 11 is 0. The van der Waals surface area contributed by atoms with Crippen LogP contribution in [-0.2, 0) is 63.8 Å². The van der Waals surface area contributed by atoms with E-state index in [4.69, 9.17) is 9.47 Å². The highest BCUT2D eigenvalue weighted by Gasteiger charge is 2.41. The molecule has 2 aliphatic carbocycles. The normalized spacial score (nSPS) is 18.8. The molecule has 2 saturated heterocycles. The minimum Gasteiger partial charge on any atom is -0.456 e. The summed E-state index contributed by atoms with van der Waals surface area (Å²) in [5.74, 6) is -3.36. The third-order valence-electron chi connectivity index (χ3n) is 12.6. The van der Waals surface area contributed by atoms with Crippen LogP contribution in [0.15, 0.2) is 24.3 Å². The van der Waals surface area contributed by atoms with Crippen molar-refractivity contribution in [3.05, 3.63) is 57.6 Å². The lowest BCUT2D eigenvalue weighted by Gasteiger charge is -2.29. The molecule has 334 valence electrons. The molecular formula is C46H58N4O12. The van der Waals surface area contributed by atoms with E-state index < -0.39 is 73.3 Å². The molecular weight excluding hydrogens is 801 g/mol. The first-order valence-corrected chi connectivity index (χ1v) is 21.7. The molecule has 0 aromatic heterocycles. The molecule has 62 heavy (non-hydrogen) atoms. The Bertz CT molecular complexity index is 1970. The van der Waals surface area contributed by atoms with Gasteiger partial charge in [0.1, 0.15) is 24.2 Å². The van der Waals surface area contributed by atoms with Crippen LogP contribution in [0.1, 0.15) is 109 Å². The van der Waals surface area contributed by atoms with Crippen molar-refractivity contribution >= 4 is 47.5 Å². The van der Waals surface area contributed by atoms with Gasteiger partial charge in [0, 0.05) is 24.2 Å². The maximum Gasteiger partial charge on any atom is 0.407 e. The number of carbonyl (C=O) groups is 8. The predicted octanol–water partition coefficient (Wildman–Crippen LogP) is 4.53. The highest BCUT2D eigenvalue weighted by atomic mass is 16.6. The van der Waals surface area contributed by atoms with E-state index in [0.717, 1.165) is 59.1 Å². The van der Waals surface area contributed by atoms with Gasteiger partial charge in [0.05, 0.1) is 14.2 Å². The van der Waals surface area contributed by atoms with E-state index in [0.29, 0.717) is 62.7 Å². The second-order valence-electron chi connectivity index (χ2n) is 17.1. The largest absolute Gasteiger partial charge is 0.456 e. The fourth-order valence-corrected chi connectivity index (χ4v) is 9.37. The van der Waals surface area contributed by atoms with Gasteiger partial charge in [-0.25, -0.2) is 19.2 Å². The summed E-state index contributed by atoms with van der Waals surface area (Å²) < 4.78 is 20.5. The zero-order chi connectivity index (χ0) is 44.8. The number of nitrogens with one attached hydrogen (secondary N) is 2. The Hall–Kier alpha value is -5.80. The van der Waals surface area contributed by atoms with Crippen LogP contribution < -0.4 is 10.6 Å². The number of hydrogen-bond donors (Lipinski definition) is 2. The average Bonchev–Trinajstić information content (AvgIpc) is 4.11. The molecule has 16 heteroatoms. The number of methoxy groups -OCH3 is 2. The Labute approximate surface area is 361 Å². The zero-order valence-electron chi connectivity index (χ0n) is 36.5. The third kappa shape index (κ3) is 9.63. The van der Waals surface area contributed by atoms with Crippen molar-refractivity contribution in [2.75, 3.05) is 40.5 Å². The lowest BCUT2D eigenvalue weighted by Crippen LogP contribution is -2.54. The van der Waals surface area contributed by atoms with Crippen LogP contribution in [0.3, 0.4) is 0 Å². The number of benzene rings is 2. The molecule has 16 nitrogen and oxygen atoms in total. The second kappa shape index (κ2) is 19.9. The highest BCUT2D eigenvalue weighted by molar-refractivity contribution is 6.03. The summed E-state index contributed by atoms with van der Waals surface area (Å²) in [7, 11) is 2.42. The summed E-state index contributed by atoms with van der Waals surface area (Å²) in [5.41, 5.74) is 6.87. The van der Waals surface area contributed by atoms with Gasteiger partial charge in [0.15, 0.2) is 13.2 Å². The Balaban J connectivity index is 1.11. The van der Waals surface area contributed by atoms with Crippen LogP contribution >= 0.6 is 0 Å². The Kier molecular flexibility index (Phi) is 14.7. The van der Waals surface area contributed by atoms with Crippen molar-refractivity contribution in [2.24, 2.45) is 11.8 Å². The lowest BCUT2D eigenvalue weighted by molar-refractivity contribution is -0.153. The maximum atomic E-state index is 13.7. The topological polar surface area (TPSA) is 204 Å². The fourth-order valence-electron chi connectivity index (χ4n) is 9.37. The smallest absolute Gasteiger partial charge is 0.407 e. The molecule has 2 aromatic rings. The molecule has 4 aliphatic rings. The second-order valence-corrected chi connectivity index (χ2v) is 17.1. The van der Waals surface area contributed by atoms with E-state index in [2.05, 4.69) is 20.1 Å². The van der Waals surface area contributed by atoms with Gasteiger partial charge in [-0.15, -0.1) is 0 Å². The van der Waals surface area contributed by atoms with Crippen molar-refractivity contribution < 1.29 is 57.3 Å². The number of alkyl carbamates (subject to hydrolysis) is 2. The van der Waals surface area contributed by atoms with E-state index in [1.165, 1.54) is 24.0 Å². The van der Waals surface area contributed by atoms with Gasteiger partial charge < -0.3 is 39.4 Å². The standard InChI is InChI=1S/C46H58N4O12/c1-25(2)39(47-45(57)59-5)41(53)49-21-9-15-35(49)43(55)61-23-37(51)33-19-17-31(27-11-7-13-29(27)33)32-18-20-34(30-14-8-12-28(30)32)38(52)24-62-44(56)36-16-10-22-50(36)42(54)40(26(3)4)48-46(58)60-6/h17-20,25-26,35-36,39-40H,7-16,21-24H2,1-6H3,(H,47,57)(H,48,58). The molecule has 4 atom stereocenters. The molecule has 4 unspecified atom stereocenters. The van der Waals surface area contributed by atoms with E-state index in [1.54, 1.807) is 39.8 Å². The number of nitrogens with zero attached hydrogens (tertiary/aromatic N) is 2. The van der Waals surface area contributed by atoms with Crippen LogP contribution in [0.5, 0.6) is 0 Å². The number of ether oxygens (including phenoxy) is 4. The molecule has 0 radical (unpaired) electrons. The van der Waals surface area contributed by atoms with Crippen LogP contribution in [0.4, 0.5) is 9.59 Å². The first-order valence-electron chi connectivity index (χ1n) is 21.7. The van der Waals surface area contributed by atoms with Gasteiger partial charge in [0.25, 0.3) is 0 Å². The number of rotatable bonds is 15. The summed E-state index contributed by atoms with van der Waals surface area (Å²) in [6.07, 6.45) is 4.98. The van der Waals surface area contributed by atoms with Crippen molar-refractivity contribution in [1.82, 2.24) is 20.4 Å². The highest BCUT2D eigenvalue weighted by Crippen LogP contribution is 2.40. The SMILES string of the molecule is COC(=O)NC(C(=O)N1CCCC1C(=O)OCC(=O)c1ccc(-c2ccc(C(=O)COC(=O)C3CCCN3C(=O)C(NC(=O)OC)C(C)C)c3c2CCC3)c2c1CCC2)C(C)C. The van der Waals surface area contributed by atoms with Crippen LogP contribution in [0, 0.1) is 11.8 Å². The van der Waals surface area contributed by atoms with Crippen molar-refractivity contribution in [2.45, 2.75) is 116 Å². The van der Waals surface area contributed by atoms with Gasteiger partial charge in [-0.2, -0.15) is 0 Å². The number of amides is 4. The Morgan fingerprint density at radius 2 is 0.935 bits per heavy atom. The number of carbonyl (C=O) groups excluding carboxylic acids is 8. The molecule has 0 spiro atoms. The van der Waals surface area contributed by atoms with Crippen LogP contribution in [0.25, 0.3) is 11.1 Å². The van der Waals surface area contributed by atoms with E-state index >= 15 is 0 Å².